The average Bonchev–Trinajstić information content (AvgIpc) is 2.75. The quantitative estimate of drug-likeness (QED) is 0.767. The van der Waals surface area contributed by atoms with Crippen LogP contribution in [-0.2, 0) is 6.42 Å². The Balaban J connectivity index is 2.05. The van der Waals surface area contributed by atoms with E-state index in [2.05, 4.69) is 33.0 Å². The molecule has 1 atom stereocenters. The van der Waals surface area contributed by atoms with Gasteiger partial charge in [0.05, 0.1) is 0 Å². The van der Waals surface area contributed by atoms with Gasteiger partial charge < -0.3 is 8.94 Å². The van der Waals surface area contributed by atoms with E-state index in [0.717, 1.165) is 0 Å². The third kappa shape index (κ3) is 1.92. The van der Waals surface area contributed by atoms with Crippen molar-refractivity contribution < 1.29 is 8.94 Å². The molecule has 14 heavy (non-hydrogen) atoms. The normalized spacial score (nSPS) is 13.0. The molecule has 0 radical (unpaired) electrons. The summed E-state index contributed by atoms with van der Waals surface area (Å²) >= 11 is 3.94. The molecule has 0 bridgehead atoms. The predicted octanol–water partition coefficient (Wildman–Crippen LogP) is 1.09. The summed E-state index contributed by atoms with van der Waals surface area (Å²) in [4.78, 5) is 3.96. The Bertz CT molecular complexity index is 399. The maximum absolute atomic E-state index is 5.04. The van der Waals surface area contributed by atoms with Gasteiger partial charge in [-0.15, -0.1) is 22.8 Å². The van der Waals surface area contributed by atoms with Crippen LogP contribution in [0.15, 0.2) is 20.5 Å². The fourth-order valence-electron chi connectivity index (χ4n) is 1.07. The Morgan fingerprint density at radius 3 is 3.00 bits per heavy atom. The lowest BCUT2D eigenvalue weighted by Gasteiger charge is -2.00. The fraction of sp³-hybridized carbons (Fsp3) is 0.429. The Morgan fingerprint density at radius 2 is 2.43 bits per heavy atom. The highest BCUT2D eigenvalue weighted by molar-refractivity contribution is 7.80. The summed E-state index contributed by atoms with van der Waals surface area (Å²) in [6, 6.07) is 0. The highest BCUT2D eigenvalue weighted by atomic mass is 32.1. The second-order valence-electron chi connectivity index (χ2n) is 2.87. The van der Waals surface area contributed by atoms with E-state index in [1.807, 2.05) is 6.92 Å². The highest BCUT2D eigenvalue weighted by Crippen LogP contribution is 2.17. The molecule has 0 aliphatic heterocycles. The molecule has 0 fully saturated rings. The molecule has 0 saturated carbocycles. The molecular weight excluding hydrogens is 204 g/mol. The minimum atomic E-state index is 0.0608. The second kappa shape index (κ2) is 3.79. The molecule has 0 aliphatic carbocycles. The van der Waals surface area contributed by atoms with Crippen molar-refractivity contribution in [3.63, 3.8) is 0 Å². The molecule has 1 unspecified atom stereocenters. The van der Waals surface area contributed by atoms with Gasteiger partial charge in [-0.1, -0.05) is 12.1 Å². The van der Waals surface area contributed by atoms with Gasteiger partial charge in [0.1, 0.15) is 0 Å². The maximum Gasteiger partial charge on any atom is 0.228 e. The van der Waals surface area contributed by atoms with Crippen LogP contribution in [0.25, 0.3) is 0 Å². The van der Waals surface area contributed by atoms with Gasteiger partial charge >= 0.3 is 0 Å². The van der Waals surface area contributed by atoms with Gasteiger partial charge in [-0.25, -0.2) is 0 Å². The van der Waals surface area contributed by atoms with Crippen LogP contribution >= 0.6 is 12.6 Å². The van der Waals surface area contributed by atoms with Crippen LogP contribution in [0.5, 0.6) is 0 Å². The molecule has 2 aromatic heterocycles. The lowest BCUT2D eigenvalue weighted by atomic mass is 10.1. The molecule has 74 valence electrons. The SMILES string of the molecule is CC(Cc1nc(S)no1)c1nnco1. The average molecular weight is 212 g/mol. The van der Waals surface area contributed by atoms with Gasteiger partial charge in [-0.05, 0) is 0 Å². The number of hydrogen-bond donors (Lipinski definition) is 1. The van der Waals surface area contributed by atoms with E-state index in [4.69, 9.17) is 8.94 Å². The first-order valence-corrected chi connectivity index (χ1v) is 4.48. The topological polar surface area (TPSA) is 77.8 Å². The molecule has 0 spiro atoms. The molecule has 0 aromatic carbocycles. The summed E-state index contributed by atoms with van der Waals surface area (Å²) in [6.07, 6.45) is 1.86. The molecule has 6 nitrogen and oxygen atoms in total. The van der Waals surface area contributed by atoms with Crippen LogP contribution < -0.4 is 0 Å². The predicted molar refractivity (Wildman–Crippen MR) is 48.0 cm³/mol. The van der Waals surface area contributed by atoms with Crippen molar-refractivity contribution in [2.24, 2.45) is 0 Å². The van der Waals surface area contributed by atoms with Crippen molar-refractivity contribution in [1.82, 2.24) is 20.3 Å². The summed E-state index contributed by atoms with van der Waals surface area (Å²) in [6.45, 7) is 1.94. The third-order valence-electron chi connectivity index (χ3n) is 1.74. The summed E-state index contributed by atoms with van der Waals surface area (Å²) in [7, 11) is 0. The van der Waals surface area contributed by atoms with Gasteiger partial charge in [-0.2, -0.15) is 4.98 Å². The summed E-state index contributed by atoms with van der Waals surface area (Å²) in [5, 5.41) is 11.3. The van der Waals surface area contributed by atoms with Crippen LogP contribution in [0.2, 0.25) is 0 Å². The van der Waals surface area contributed by atoms with Crippen molar-refractivity contribution in [3.8, 4) is 0 Å². The lowest BCUT2D eigenvalue weighted by Crippen LogP contribution is -1.99. The van der Waals surface area contributed by atoms with E-state index < -0.39 is 0 Å². The van der Waals surface area contributed by atoms with Crippen molar-refractivity contribution in [3.05, 3.63) is 18.2 Å². The first-order chi connectivity index (χ1) is 6.75. The number of hydrogen-bond acceptors (Lipinski definition) is 7. The Kier molecular flexibility index (Phi) is 2.49. The summed E-state index contributed by atoms with van der Waals surface area (Å²) < 4.78 is 9.95. The van der Waals surface area contributed by atoms with Gasteiger partial charge in [-0.3, -0.25) is 0 Å². The van der Waals surface area contributed by atoms with Gasteiger partial charge in [0, 0.05) is 12.3 Å². The van der Waals surface area contributed by atoms with Crippen molar-refractivity contribution in [2.75, 3.05) is 0 Å². The first kappa shape index (κ1) is 9.20. The fourth-order valence-corrected chi connectivity index (χ4v) is 1.23. The zero-order valence-corrected chi connectivity index (χ0v) is 8.31. The Hall–Kier alpha value is -1.37. The molecule has 7 heteroatoms. The second-order valence-corrected chi connectivity index (χ2v) is 3.27. The Morgan fingerprint density at radius 1 is 1.57 bits per heavy atom. The standard InChI is InChI=1S/C7H8N4O2S/c1-4(6-10-8-3-12-6)2-5-9-7(14)11-13-5/h3-4H,2H2,1H3,(H,11,14). The lowest BCUT2D eigenvalue weighted by molar-refractivity contribution is 0.352. The van der Waals surface area contributed by atoms with Crippen LogP contribution in [-0.4, -0.2) is 20.3 Å². The van der Waals surface area contributed by atoms with Crippen LogP contribution in [0.3, 0.4) is 0 Å². The zero-order valence-electron chi connectivity index (χ0n) is 7.41. The Labute approximate surface area is 85.1 Å². The smallest absolute Gasteiger partial charge is 0.228 e. The summed E-state index contributed by atoms with van der Waals surface area (Å²) in [5.74, 6) is 1.13. The monoisotopic (exact) mass is 212 g/mol. The molecule has 0 amide bonds. The molecule has 2 aromatic rings. The molecular formula is C7H8N4O2S. The third-order valence-corrected chi connectivity index (χ3v) is 1.92. The van der Waals surface area contributed by atoms with E-state index >= 15 is 0 Å². The number of nitrogens with zero attached hydrogens (tertiary/aromatic N) is 4. The number of aromatic nitrogens is 4. The minimum absolute atomic E-state index is 0.0608. The first-order valence-electron chi connectivity index (χ1n) is 4.03. The van der Waals surface area contributed by atoms with Gasteiger partial charge in [0.25, 0.3) is 0 Å². The molecule has 0 saturated heterocycles. The number of thiol groups is 1. The highest BCUT2D eigenvalue weighted by Gasteiger charge is 2.15. The molecule has 0 aliphatic rings. The van der Waals surface area contributed by atoms with Crippen molar-refractivity contribution in [1.29, 1.82) is 0 Å². The summed E-state index contributed by atoms with van der Waals surface area (Å²) in [5.41, 5.74) is 0. The van der Waals surface area contributed by atoms with Gasteiger partial charge in [0.2, 0.25) is 23.3 Å². The largest absolute Gasteiger partial charge is 0.428 e. The maximum atomic E-state index is 5.04. The zero-order chi connectivity index (χ0) is 9.97. The molecule has 0 N–H and O–H groups in total. The van der Waals surface area contributed by atoms with Crippen LogP contribution in [0, 0.1) is 0 Å². The van der Waals surface area contributed by atoms with Crippen LogP contribution in [0.4, 0.5) is 0 Å². The van der Waals surface area contributed by atoms with Crippen molar-refractivity contribution in [2.45, 2.75) is 24.4 Å². The van der Waals surface area contributed by atoms with E-state index in [9.17, 15) is 0 Å². The van der Waals surface area contributed by atoms with Gasteiger partial charge in [0.15, 0.2) is 0 Å². The van der Waals surface area contributed by atoms with E-state index in [-0.39, 0.29) is 5.92 Å². The minimum Gasteiger partial charge on any atom is -0.428 e. The van der Waals surface area contributed by atoms with E-state index in [0.29, 0.717) is 23.4 Å². The van der Waals surface area contributed by atoms with E-state index in [1.54, 1.807) is 0 Å². The number of rotatable bonds is 3. The van der Waals surface area contributed by atoms with Crippen molar-refractivity contribution >= 4 is 12.6 Å². The van der Waals surface area contributed by atoms with Crippen LogP contribution in [0.1, 0.15) is 24.6 Å². The molecule has 2 rings (SSSR count). The van der Waals surface area contributed by atoms with E-state index in [1.165, 1.54) is 6.39 Å². The molecule has 2 heterocycles.